The van der Waals surface area contributed by atoms with E-state index in [1.165, 1.54) is 12.7 Å². The molecule has 0 fully saturated rings. The second kappa shape index (κ2) is 7.59. The van der Waals surface area contributed by atoms with Crippen molar-refractivity contribution in [1.82, 2.24) is 0 Å². The Hall–Kier alpha value is -1.61. The number of alkyl halides is 1. The first-order valence-electron chi connectivity index (χ1n) is 7.43. The maximum Gasteiger partial charge on any atom is 0.338 e. The first kappa shape index (κ1) is 16.8. The number of rotatable bonds is 5. The van der Waals surface area contributed by atoms with Crippen molar-refractivity contribution in [3.05, 3.63) is 59.2 Å². The normalized spacial score (nSPS) is 11.5. The molecular formula is C19H21BrO2. The minimum atomic E-state index is -0.280. The van der Waals surface area contributed by atoms with E-state index < -0.39 is 0 Å². The van der Waals surface area contributed by atoms with E-state index in [4.69, 9.17) is 4.74 Å². The van der Waals surface area contributed by atoms with Gasteiger partial charge < -0.3 is 4.74 Å². The van der Waals surface area contributed by atoms with Gasteiger partial charge in [0, 0.05) is 5.33 Å². The van der Waals surface area contributed by atoms with E-state index in [-0.39, 0.29) is 5.97 Å². The van der Waals surface area contributed by atoms with Crippen LogP contribution in [0.3, 0.4) is 0 Å². The zero-order chi connectivity index (χ0) is 16.1. The van der Waals surface area contributed by atoms with Crippen LogP contribution in [0.15, 0.2) is 42.5 Å². The summed E-state index contributed by atoms with van der Waals surface area (Å²) in [4.78, 5) is 12.0. The van der Waals surface area contributed by atoms with Crippen LogP contribution < -0.4 is 0 Å². The molecule has 0 unspecified atom stereocenters. The fraction of sp³-hybridized carbons (Fsp3) is 0.316. The van der Waals surface area contributed by atoms with Gasteiger partial charge in [-0.2, -0.15) is 0 Å². The van der Waals surface area contributed by atoms with Gasteiger partial charge in [-0.15, -0.1) is 0 Å². The third-order valence-electron chi connectivity index (χ3n) is 3.80. The number of allylic oxidation sites excluding steroid dienone is 2. The Morgan fingerprint density at radius 1 is 1.18 bits per heavy atom. The summed E-state index contributed by atoms with van der Waals surface area (Å²) in [5.41, 5.74) is 5.13. The van der Waals surface area contributed by atoms with E-state index in [2.05, 4.69) is 60.1 Å². The van der Waals surface area contributed by atoms with Gasteiger partial charge in [-0.3, -0.25) is 0 Å². The summed E-state index contributed by atoms with van der Waals surface area (Å²) >= 11 is 3.38. The summed E-state index contributed by atoms with van der Waals surface area (Å²) in [5.74, 6) is 0.174. The van der Waals surface area contributed by atoms with Gasteiger partial charge in [-0.1, -0.05) is 66.2 Å². The number of esters is 1. The summed E-state index contributed by atoms with van der Waals surface area (Å²) in [6, 6.07) is 10.3. The molecule has 0 saturated heterocycles. The van der Waals surface area contributed by atoms with Gasteiger partial charge in [0.15, 0.2) is 0 Å². The van der Waals surface area contributed by atoms with Gasteiger partial charge in [0.1, 0.15) is 0 Å². The van der Waals surface area contributed by atoms with Gasteiger partial charge in [-0.05, 0) is 40.7 Å². The summed E-state index contributed by atoms with van der Waals surface area (Å²) in [7, 11) is 1.42. The Morgan fingerprint density at radius 3 is 2.45 bits per heavy atom. The molecule has 2 nitrogen and oxygen atoms in total. The van der Waals surface area contributed by atoms with Crippen LogP contribution >= 0.6 is 15.9 Å². The topological polar surface area (TPSA) is 26.3 Å². The Balaban J connectivity index is 2.55. The molecule has 2 aliphatic carbocycles. The Bertz CT molecular complexity index is 659. The fourth-order valence-corrected chi connectivity index (χ4v) is 2.81. The van der Waals surface area contributed by atoms with Crippen LogP contribution in [0.2, 0.25) is 0 Å². The lowest BCUT2D eigenvalue weighted by Gasteiger charge is -2.00. The first-order valence-corrected chi connectivity index (χ1v) is 8.55. The summed E-state index contributed by atoms with van der Waals surface area (Å²) < 4.78 is 4.93. The van der Waals surface area contributed by atoms with Crippen molar-refractivity contribution in [2.45, 2.75) is 26.2 Å². The van der Waals surface area contributed by atoms with Gasteiger partial charge in [0.2, 0.25) is 0 Å². The molecule has 0 aromatic rings. The predicted molar refractivity (Wildman–Crippen MR) is 95.1 cm³/mol. The molecule has 0 atom stereocenters. The molecule has 0 aliphatic heterocycles. The number of fused-ring (bicyclic) bond motifs is 1. The van der Waals surface area contributed by atoms with E-state index in [0.717, 1.165) is 28.4 Å². The van der Waals surface area contributed by atoms with Gasteiger partial charge in [0.05, 0.1) is 12.7 Å². The zero-order valence-corrected chi connectivity index (χ0v) is 14.8. The number of hydrogen-bond acceptors (Lipinski definition) is 2. The Kier molecular flexibility index (Phi) is 5.78. The molecule has 2 rings (SSSR count). The lowest BCUT2D eigenvalue weighted by molar-refractivity contribution is 0.0602. The lowest BCUT2D eigenvalue weighted by Crippen LogP contribution is -2.00. The molecule has 0 radical (unpaired) electrons. The molecule has 22 heavy (non-hydrogen) atoms. The van der Waals surface area contributed by atoms with Gasteiger partial charge in [-0.25, -0.2) is 4.79 Å². The smallest absolute Gasteiger partial charge is 0.338 e. The van der Waals surface area contributed by atoms with Crippen LogP contribution in [0.4, 0.5) is 0 Å². The second-order valence-corrected chi connectivity index (χ2v) is 6.20. The minimum Gasteiger partial charge on any atom is -0.465 e. The first-order chi connectivity index (χ1) is 10.6. The third kappa shape index (κ3) is 3.58. The second-order valence-electron chi connectivity index (χ2n) is 5.55. The van der Waals surface area contributed by atoms with Crippen molar-refractivity contribution < 1.29 is 9.53 Å². The van der Waals surface area contributed by atoms with E-state index in [0.29, 0.717) is 11.5 Å². The average molecular weight is 361 g/mol. The summed E-state index contributed by atoms with van der Waals surface area (Å²) in [5, 5.41) is 0.834. The number of hydrogen-bond donors (Lipinski definition) is 0. The van der Waals surface area contributed by atoms with Crippen molar-refractivity contribution in [2.24, 2.45) is 0 Å². The van der Waals surface area contributed by atoms with Gasteiger partial charge >= 0.3 is 5.97 Å². The highest BCUT2D eigenvalue weighted by atomic mass is 79.9. The molecule has 0 bridgehead atoms. The summed E-state index contributed by atoms with van der Waals surface area (Å²) in [6.45, 7) is 4.34. The standard InChI is InChI=1S/C19H21BrO2/c1-13(2)14-7-9-16-15(6-4-5-11-20)12-18(19(21)22-3)17(16)10-8-14/h4-5,7-10,12-13H,6,11H2,1-3H3/b5-4+. The molecule has 0 spiro atoms. The molecular weight excluding hydrogens is 340 g/mol. The Labute approximate surface area is 140 Å². The van der Waals surface area contributed by atoms with Crippen LogP contribution in [0.25, 0.3) is 11.1 Å². The van der Waals surface area contributed by atoms with Crippen LogP contribution in [-0.2, 0) is 11.2 Å². The molecule has 0 N–H and O–H groups in total. The van der Waals surface area contributed by atoms with Crippen LogP contribution in [0, 0.1) is 0 Å². The van der Waals surface area contributed by atoms with E-state index in [9.17, 15) is 4.79 Å². The quantitative estimate of drug-likeness (QED) is 0.416. The van der Waals surface area contributed by atoms with Crippen LogP contribution in [0.1, 0.15) is 41.3 Å². The Morgan fingerprint density at radius 2 is 1.86 bits per heavy atom. The zero-order valence-electron chi connectivity index (χ0n) is 13.2. The van der Waals surface area contributed by atoms with Crippen molar-refractivity contribution in [2.75, 3.05) is 12.4 Å². The van der Waals surface area contributed by atoms with Crippen molar-refractivity contribution in [3.63, 3.8) is 0 Å². The SMILES string of the molecule is COC(=O)c1cc(C/C=C/CBr)c2ccc(C(C)C)ccc1-2. The van der Waals surface area contributed by atoms with E-state index in [1.807, 2.05) is 12.1 Å². The number of halogens is 1. The number of ether oxygens (including phenoxy) is 1. The molecule has 0 saturated carbocycles. The molecule has 0 aromatic carbocycles. The van der Waals surface area contributed by atoms with Crippen molar-refractivity contribution >= 4 is 21.9 Å². The van der Waals surface area contributed by atoms with E-state index >= 15 is 0 Å². The minimum absolute atomic E-state index is 0.280. The molecule has 0 amide bonds. The van der Waals surface area contributed by atoms with E-state index in [1.54, 1.807) is 0 Å². The van der Waals surface area contributed by atoms with Crippen LogP contribution in [-0.4, -0.2) is 18.4 Å². The highest BCUT2D eigenvalue weighted by Crippen LogP contribution is 2.34. The molecule has 0 heterocycles. The number of carbonyl (C=O) groups is 1. The third-order valence-corrected chi connectivity index (χ3v) is 4.17. The highest BCUT2D eigenvalue weighted by Gasteiger charge is 2.20. The van der Waals surface area contributed by atoms with Crippen molar-refractivity contribution in [1.29, 1.82) is 0 Å². The average Bonchev–Trinajstić information content (AvgIpc) is 2.70. The van der Waals surface area contributed by atoms with Gasteiger partial charge in [0.25, 0.3) is 0 Å². The number of carbonyl (C=O) groups excluding carboxylic acids is 1. The maximum absolute atomic E-state index is 12.0. The summed E-state index contributed by atoms with van der Waals surface area (Å²) in [6.07, 6.45) is 4.99. The number of methoxy groups -OCH3 is 1. The van der Waals surface area contributed by atoms with Crippen LogP contribution in [0.5, 0.6) is 0 Å². The maximum atomic E-state index is 12.0. The fourth-order valence-electron chi connectivity index (χ4n) is 2.54. The highest BCUT2D eigenvalue weighted by molar-refractivity contribution is 9.09. The lowest BCUT2D eigenvalue weighted by atomic mass is 10.1. The molecule has 0 aromatic heterocycles. The largest absolute Gasteiger partial charge is 0.465 e. The predicted octanol–water partition coefficient (Wildman–Crippen LogP) is 5.20. The molecule has 116 valence electrons. The molecule has 3 heteroatoms. The van der Waals surface area contributed by atoms with Crippen molar-refractivity contribution in [3.8, 4) is 11.1 Å². The molecule has 2 aliphatic rings. The monoisotopic (exact) mass is 360 g/mol.